The summed E-state index contributed by atoms with van der Waals surface area (Å²) in [6, 6.07) is 0.539. The summed E-state index contributed by atoms with van der Waals surface area (Å²) in [5.41, 5.74) is 0.344. The van der Waals surface area contributed by atoms with E-state index >= 15 is 0 Å². The third-order valence-corrected chi connectivity index (χ3v) is 1.70. The number of hydrogen-bond acceptors (Lipinski definition) is 1. The Labute approximate surface area is 58.8 Å². The van der Waals surface area contributed by atoms with Gasteiger partial charge in [0.05, 0.1) is 0 Å². The van der Waals surface area contributed by atoms with Crippen molar-refractivity contribution in [3.05, 3.63) is 7.05 Å². The highest BCUT2D eigenvalue weighted by Crippen LogP contribution is 2.20. The van der Waals surface area contributed by atoms with Crippen molar-refractivity contribution >= 4 is 0 Å². The van der Waals surface area contributed by atoms with Crippen LogP contribution in [0.5, 0.6) is 0 Å². The van der Waals surface area contributed by atoms with Crippen LogP contribution in [0.1, 0.15) is 34.1 Å². The lowest BCUT2D eigenvalue weighted by Crippen LogP contribution is -2.35. The maximum absolute atomic E-state index is 3.67. The molecule has 0 rings (SSSR count). The molecule has 55 valence electrons. The normalized spacial score (nSPS) is 15.7. The minimum Gasteiger partial charge on any atom is -0.312 e. The Bertz CT molecular complexity index is 67.1. The van der Waals surface area contributed by atoms with E-state index in [-0.39, 0.29) is 0 Å². The molecule has 1 radical (unpaired) electrons. The zero-order valence-corrected chi connectivity index (χ0v) is 6.99. The second-order valence-electron chi connectivity index (χ2n) is 3.53. The molecule has 0 saturated heterocycles. The molecule has 0 aromatic carbocycles. The molecule has 1 atom stereocenters. The summed E-state index contributed by atoms with van der Waals surface area (Å²) in [4.78, 5) is 0. The second-order valence-corrected chi connectivity index (χ2v) is 3.53. The first kappa shape index (κ1) is 8.96. The Balaban J connectivity index is 3.79. The van der Waals surface area contributed by atoms with Gasteiger partial charge in [-0.25, -0.2) is 0 Å². The van der Waals surface area contributed by atoms with Crippen LogP contribution in [0.25, 0.3) is 0 Å². The highest BCUT2D eigenvalue weighted by Gasteiger charge is 2.20. The van der Waals surface area contributed by atoms with Gasteiger partial charge in [0.1, 0.15) is 0 Å². The van der Waals surface area contributed by atoms with Gasteiger partial charge in [0.15, 0.2) is 0 Å². The van der Waals surface area contributed by atoms with E-state index in [1.807, 2.05) is 0 Å². The molecular weight excluding hydrogens is 110 g/mol. The van der Waals surface area contributed by atoms with Crippen LogP contribution >= 0.6 is 0 Å². The van der Waals surface area contributed by atoms with Crippen molar-refractivity contribution in [2.24, 2.45) is 5.41 Å². The molecule has 1 heteroatoms. The molecule has 0 aromatic rings. The van der Waals surface area contributed by atoms with Crippen LogP contribution in [0.2, 0.25) is 0 Å². The Morgan fingerprint density at radius 1 is 1.44 bits per heavy atom. The van der Waals surface area contributed by atoms with Gasteiger partial charge in [-0.2, -0.15) is 0 Å². The SMILES string of the molecule is [CH2]NC(CC)C(C)(C)C. The molecule has 0 aliphatic rings. The quantitative estimate of drug-likeness (QED) is 0.601. The van der Waals surface area contributed by atoms with E-state index in [1.54, 1.807) is 0 Å². The molecular formula is C8H18N. The Morgan fingerprint density at radius 2 is 1.89 bits per heavy atom. The predicted octanol–water partition coefficient (Wildman–Crippen LogP) is 2.19. The molecule has 0 aliphatic carbocycles. The highest BCUT2D eigenvalue weighted by molar-refractivity contribution is 4.78. The zero-order chi connectivity index (χ0) is 7.49. The molecule has 0 bridgehead atoms. The van der Waals surface area contributed by atoms with Crippen LogP contribution in [0.4, 0.5) is 0 Å². The number of hydrogen-bond donors (Lipinski definition) is 1. The van der Waals surface area contributed by atoms with Crippen LogP contribution < -0.4 is 5.32 Å². The van der Waals surface area contributed by atoms with Crippen LogP contribution in [-0.4, -0.2) is 6.04 Å². The van der Waals surface area contributed by atoms with Crippen molar-refractivity contribution in [1.29, 1.82) is 0 Å². The summed E-state index contributed by atoms with van der Waals surface area (Å²) in [7, 11) is 3.67. The molecule has 9 heavy (non-hydrogen) atoms. The van der Waals surface area contributed by atoms with Crippen molar-refractivity contribution in [3.63, 3.8) is 0 Å². The average molecular weight is 128 g/mol. The van der Waals surface area contributed by atoms with Gasteiger partial charge in [0, 0.05) is 13.1 Å². The monoisotopic (exact) mass is 128 g/mol. The van der Waals surface area contributed by atoms with Gasteiger partial charge in [-0.05, 0) is 11.8 Å². The second kappa shape index (κ2) is 3.21. The van der Waals surface area contributed by atoms with Crippen LogP contribution in [0.15, 0.2) is 0 Å². The molecule has 0 aromatic heterocycles. The van der Waals surface area contributed by atoms with Gasteiger partial charge in [-0.1, -0.05) is 27.7 Å². The molecule has 0 saturated carbocycles. The third-order valence-electron chi connectivity index (χ3n) is 1.70. The van der Waals surface area contributed by atoms with Gasteiger partial charge in [0.25, 0.3) is 0 Å². The molecule has 0 amide bonds. The molecule has 1 unspecified atom stereocenters. The van der Waals surface area contributed by atoms with Gasteiger partial charge in [-0.15, -0.1) is 0 Å². The standard InChI is InChI=1S/C8H18N/c1-6-7(9-5)8(2,3)4/h7,9H,5-6H2,1-4H3. The number of nitrogens with one attached hydrogen (secondary N) is 1. The minimum absolute atomic E-state index is 0.344. The molecule has 1 N–H and O–H groups in total. The Kier molecular flexibility index (Phi) is 3.20. The lowest BCUT2D eigenvalue weighted by atomic mass is 9.85. The summed E-state index contributed by atoms with van der Waals surface area (Å²) < 4.78 is 0. The minimum atomic E-state index is 0.344. The predicted molar refractivity (Wildman–Crippen MR) is 42.0 cm³/mol. The molecule has 0 spiro atoms. The first-order valence-electron chi connectivity index (χ1n) is 3.55. The maximum Gasteiger partial charge on any atom is 0.0113 e. The van der Waals surface area contributed by atoms with Crippen LogP contribution in [0, 0.1) is 12.5 Å². The van der Waals surface area contributed by atoms with E-state index in [2.05, 4.69) is 40.1 Å². The van der Waals surface area contributed by atoms with E-state index in [1.165, 1.54) is 0 Å². The summed E-state index contributed by atoms with van der Waals surface area (Å²) in [5, 5.41) is 3.04. The molecule has 0 fully saturated rings. The fraction of sp³-hybridized carbons (Fsp3) is 0.875. The molecule has 1 nitrogen and oxygen atoms in total. The topological polar surface area (TPSA) is 12.0 Å². The van der Waals surface area contributed by atoms with Gasteiger partial charge in [0.2, 0.25) is 0 Å². The van der Waals surface area contributed by atoms with E-state index in [0.29, 0.717) is 11.5 Å². The fourth-order valence-electron chi connectivity index (χ4n) is 1.06. The van der Waals surface area contributed by atoms with Crippen molar-refractivity contribution in [2.45, 2.75) is 40.2 Å². The smallest absolute Gasteiger partial charge is 0.0113 e. The van der Waals surface area contributed by atoms with E-state index < -0.39 is 0 Å². The van der Waals surface area contributed by atoms with E-state index in [4.69, 9.17) is 0 Å². The molecule has 0 aliphatic heterocycles. The van der Waals surface area contributed by atoms with Crippen LogP contribution in [0.3, 0.4) is 0 Å². The Morgan fingerprint density at radius 3 is 1.89 bits per heavy atom. The summed E-state index contributed by atoms with van der Waals surface area (Å²) in [6.45, 7) is 8.84. The van der Waals surface area contributed by atoms with Gasteiger partial charge >= 0.3 is 0 Å². The summed E-state index contributed by atoms with van der Waals surface area (Å²) in [6.07, 6.45) is 1.15. The summed E-state index contributed by atoms with van der Waals surface area (Å²) >= 11 is 0. The lowest BCUT2D eigenvalue weighted by Gasteiger charge is -2.28. The van der Waals surface area contributed by atoms with E-state index in [0.717, 1.165) is 6.42 Å². The average Bonchev–Trinajstić information content (AvgIpc) is 1.65. The van der Waals surface area contributed by atoms with Crippen molar-refractivity contribution < 1.29 is 0 Å². The number of rotatable bonds is 2. The Hall–Kier alpha value is -0.0400. The van der Waals surface area contributed by atoms with Crippen molar-refractivity contribution in [3.8, 4) is 0 Å². The highest BCUT2D eigenvalue weighted by atomic mass is 14.9. The lowest BCUT2D eigenvalue weighted by molar-refractivity contribution is 0.281. The zero-order valence-electron chi connectivity index (χ0n) is 6.99. The van der Waals surface area contributed by atoms with Gasteiger partial charge < -0.3 is 5.32 Å². The molecule has 0 heterocycles. The van der Waals surface area contributed by atoms with Crippen molar-refractivity contribution in [2.75, 3.05) is 0 Å². The largest absolute Gasteiger partial charge is 0.312 e. The van der Waals surface area contributed by atoms with E-state index in [9.17, 15) is 0 Å². The van der Waals surface area contributed by atoms with Gasteiger partial charge in [-0.3, -0.25) is 0 Å². The summed E-state index contributed by atoms with van der Waals surface area (Å²) in [5.74, 6) is 0. The first-order valence-corrected chi connectivity index (χ1v) is 3.55. The maximum atomic E-state index is 3.67. The van der Waals surface area contributed by atoms with Crippen molar-refractivity contribution in [1.82, 2.24) is 5.32 Å². The fourth-order valence-corrected chi connectivity index (χ4v) is 1.06. The first-order chi connectivity index (χ1) is 4.02. The third kappa shape index (κ3) is 2.85. The van der Waals surface area contributed by atoms with Crippen LogP contribution in [-0.2, 0) is 0 Å².